The van der Waals surface area contributed by atoms with E-state index >= 15 is 0 Å². The normalized spacial score (nSPS) is 10.5. The van der Waals surface area contributed by atoms with Crippen LogP contribution in [0.25, 0.3) is 0 Å². The highest BCUT2D eigenvalue weighted by Crippen LogP contribution is 2.19. The summed E-state index contributed by atoms with van der Waals surface area (Å²) in [6.45, 7) is 8.72. The minimum absolute atomic E-state index is 0.235. The van der Waals surface area contributed by atoms with E-state index in [1.54, 1.807) is 24.3 Å². The van der Waals surface area contributed by atoms with E-state index in [4.69, 9.17) is 9.47 Å². The van der Waals surface area contributed by atoms with E-state index < -0.39 is 11.9 Å². The Kier molecular flexibility index (Phi) is 7.46. The summed E-state index contributed by atoms with van der Waals surface area (Å²) in [5.41, 5.74) is 0.274. The lowest BCUT2D eigenvalue weighted by Crippen LogP contribution is -2.25. The third-order valence-corrected chi connectivity index (χ3v) is 3.11. The first kappa shape index (κ1) is 17.2. The maximum absolute atomic E-state index is 12.0. The van der Waals surface area contributed by atoms with Gasteiger partial charge in [-0.25, -0.2) is 4.79 Å². The average Bonchev–Trinajstić information content (AvgIpc) is 2.47. The van der Waals surface area contributed by atoms with Gasteiger partial charge in [0.15, 0.2) is 0 Å². The second-order valence-electron chi connectivity index (χ2n) is 4.61. The standard InChI is InChI=1S/C16H23NO4/c1-4-17(5-2)11-8-12-20-16(19)14-9-6-7-10-15(14)21-13(3)18/h6-7,9-10H,4-5,8,11-12H2,1-3H3. The molecule has 0 aromatic heterocycles. The summed E-state index contributed by atoms with van der Waals surface area (Å²) in [7, 11) is 0. The quantitative estimate of drug-likeness (QED) is 0.419. The summed E-state index contributed by atoms with van der Waals surface area (Å²) < 4.78 is 10.2. The van der Waals surface area contributed by atoms with Crippen molar-refractivity contribution in [2.75, 3.05) is 26.2 Å². The van der Waals surface area contributed by atoms with Crippen molar-refractivity contribution in [3.05, 3.63) is 29.8 Å². The van der Waals surface area contributed by atoms with Gasteiger partial charge in [-0.1, -0.05) is 26.0 Å². The molecule has 0 bridgehead atoms. The van der Waals surface area contributed by atoms with Gasteiger partial charge in [-0.2, -0.15) is 0 Å². The van der Waals surface area contributed by atoms with Crippen LogP contribution in [0.15, 0.2) is 24.3 Å². The van der Waals surface area contributed by atoms with Crippen LogP contribution in [0.2, 0.25) is 0 Å². The highest BCUT2D eigenvalue weighted by atomic mass is 16.5. The monoisotopic (exact) mass is 293 g/mol. The van der Waals surface area contributed by atoms with Crippen LogP contribution >= 0.6 is 0 Å². The molecule has 0 aliphatic carbocycles. The molecule has 0 amide bonds. The van der Waals surface area contributed by atoms with E-state index in [1.165, 1.54) is 6.92 Å². The van der Waals surface area contributed by atoms with E-state index in [-0.39, 0.29) is 11.3 Å². The van der Waals surface area contributed by atoms with E-state index in [1.807, 2.05) is 0 Å². The van der Waals surface area contributed by atoms with Crippen molar-refractivity contribution in [1.29, 1.82) is 0 Å². The number of para-hydroxylation sites is 1. The molecule has 0 fully saturated rings. The number of esters is 2. The second kappa shape index (κ2) is 9.13. The number of carbonyl (C=O) groups excluding carboxylic acids is 2. The smallest absolute Gasteiger partial charge is 0.341 e. The minimum Gasteiger partial charge on any atom is -0.462 e. The molecule has 21 heavy (non-hydrogen) atoms. The molecule has 1 aromatic rings. The van der Waals surface area contributed by atoms with Crippen LogP contribution in [0.3, 0.4) is 0 Å². The van der Waals surface area contributed by atoms with Crippen molar-refractivity contribution in [2.24, 2.45) is 0 Å². The summed E-state index contributed by atoms with van der Waals surface area (Å²) in [5, 5.41) is 0. The summed E-state index contributed by atoms with van der Waals surface area (Å²) in [6.07, 6.45) is 0.781. The van der Waals surface area contributed by atoms with Gasteiger partial charge in [0.25, 0.3) is 0 Å². The van der Waals surface area contributed by atoms with Crippen molar-refractivity contribution in [1.82, 2.24) is 4.90 Å². The molecule has 0 spiro atoms. The van der Waals surface area contributed by atoms with Crippen LogP contribution in [0.5, 0.6) is 5.75 Å². The molecule has 116 valence electrons. The Hall–Kier alpha value is -1.88. The van der Waals surface area contributed by atoms with Gasteiger partial charge >= 0.3 is 11.9 Å². The Labute approximate surface area is 125 Å². The molecule has 1 aromatic carbocycles. The topological polar surface area (TPSA) is 55.8 Å². The van der Waals surface area contributed by atoms with Crippen LogP contribution in [0.4, 0.5) is 0 Å². The van der Waals surface area contributed by atoms with Crippen molar-refractivity contribution in [3.8, 4) is 5.75 Å². The van der Waals surface area contributed by atoms with Gasteiger partial charge in [0.05, 0.1) is 6.61 Å². The summed E-state index contributed by atoms with van der Waals surface area (Å²) in [6, 6.07) is 6.58. The number of hydrogen-bond acceptors (Lipinski definition) is 5. The average molecular weight is 293 g/mol. The van der Waals surface area contributed by atoms with Gasteiger partial charge in [0.1, 0.15) is 11.3 Å². The molecule has 0 radical (unpaired) electrons. The summed E-state index contributed by atoms with van der Waals surface area (Å²) in [4.78, 5) is 25.3. The van der Waals surface area contributed by atoms with E-state index in [9.17, 15) is 9.59 Å². The summed E-state index contributed by atoms with van der Waals surface area (Å²) in [5.74, 6) is -0.693. The van der Waals surface area contributed by atoms with E-state index in [2.05, 4.69) is 18.7 Å². The van der Waals surface area contributed by atoms with Gasteiger partial charge < -0.3 is 14.4 Å². The van der Waals surface area contributed by atoms with Crippen molar-refractivity contribution >= 4 is 11.9 Å². The third-order valence-electron chi connectivity index (χ3n) is 3.11. The number of rotatable bonds is 8. The molecule has 0 heterocycles. The van der Waals surface area contributed by atoms with Crippen molar-refractivity contribution in [2.45, 2.75) is 27.2 Å². The first-order chi connectivity index (χ1) is 10.1. The molecule has 0 saturated carbocycles. The van der Waals surface area contributed by atoms with Crippen LogP contribution in [0, 0.1) is 0 Å². The Morgan fingerprint density at radius 1 is 1.14 bits per heavy atom. The fraction of sp³-hybridized carbons (Fsp3) is 0.500. The molecule has 1 rings (SSSR count). The van der Waals surface area contributed by atoms with Gasteiger partial charge in [0, 0.05) is 13.5 Å². The lowest BCUT2D eigenvalue weighted by Gasteiger charge is -2.17. The van der Waals surface area contributed by atoms with Gasteiger partial charge in [0.2, 0.25) is 0 Å². The van der Waals surface area contributed by atoms with Crippen LogP contribution in [0.1, 0.15) is 37.6 Å². The zero-order valence-corrected chi connectivity index (χ0v) is 12.9. The SMILES string of the molecule is CCN(CC)CCCOC(=O)c1ccccc1OC(C)=O. The van der Waals surface area contributed by atoms with E-state index in [0.717, 1.165) is 26.1 Å². The molecule has 0 aliphatic heterocycles. The Morgan fingerprint density at radius 3 is 2.43 bits per heavy atom. The zero-order valence-electron chi connectivity index (χ0n) is 12.9. The van der Waals surface area contributed by atoms with Crippen LogP contribution < -0.4 is 4.74 Å². The largest absolute Gasteiger partial charge is 0.462 e. The third kappa shape index (κ3) is 5.95. The van der Waals surface area contributed by atoms with Gasteiger partial charge in [-0.15, -0.1) is 0 Å². The predicted molar refractivity (Wildman–Crippen MR) is 80.4 cm³/mol. The van der Waals surface area contributed by atoms with Gasteiger partial charge in [-0.3, -0.25) is 4.79 Å². The maximum Gasteiger partial charge on any atom is 0.341 e. The zero-order chi connectivity index (χ0) is 15.7. The molecule has 0 aliphatic rings. The number of carbonyl (C=O) groups is 2. The number of ether oxygens (including phenoxy) is 2. The fourth-order valence-corrected chi connectivity index (χ4v) is 1.95. The van der Waals surface area contributed by atoms with Gasteiger partial charge in [-0.05, 0) is 31.6 Å². The highest BCUT2D eigenvalue weighted by Gasteiger charge is 2.14. The lowest BCUT2D eigenvalue weighted by molar-refractivity contribution is -0.131. The molecule has 5 nitrogen and oxygen atoms in total. The minimum atomic E-state index is -0.466. The van der Waals surface area contributed by atoms with Crippen LogP contribution in [-0.2, 0) is 9.53 Å². The molecular formula is C16H23NO4. The Balaban J connectivity index is 2.50. The molecule has 0 N–H and O–H groups in total. The predicted octanol–water partition coefficient (Wildman–Crippen LogP) is 2.50. The maximum atomic E-state index is 12.0. The van der Waals surface area contributed by atoms with Crippen molar-refractivity contribution < 1.29 is 19.1 Å². The molecule has 5 heteroatoms. The van der Waals surface area contributed by atoms with E-state index in [0.29, 0.717) is 6.61 Å². The lowest BCUT2D eigenvalue weighted by atomic mass is 10.2. The van der Waals surface area contributed by atoms with Crippen molar-refractivity contribution in [3.63, 3.8) is 0 Å². The molecule has 0 saturated heterocycles. The first-order valence-electron chi connectivity index (χ1n) is 7.25. The number of hydrogen-bond donors (Lipinski definition) is 0. The molecular weight excluding hydrogens is 270 g/mol. The Morgan fingerprint density at radius 2 is 1.81 bits per heavy atom. The number of benzene rings is 1. The second-order valence-corrected chi connectivity index (χ2v) is 4.61. The summed E-state index contributed by atoms with van der Waals surface area (Å²) >= 11 is 0. The molecule has 0 atom stereocenters. The fourth-order valence-electron chi connectivity index (χ4n) is 1.95. The first-order valence-corrected chi connectivity index (χ1v) is 7.25. The Bertz CT molecular complexity index is 469. The molecule has 0 unspecified atom stereocenters. The highest BCUT2D eigenvalue weighted by molar-refractivity contribution is 5.93. The van der Waals surface area contributed by atoms with Crippen LogP contribution in [-0.4, -0.2) is 43.1 Å². The number of nitrogens with zero attached hydrogens (tertiary/aromatic N) is 1.